The molecule has 1 aliphatic rings. The van der Waals surface area contributed by atoms with E-state index in [4.69, 9.17) is 19.9 Å². The number of carbonyl (C=O) groups is 1. The molecule has 0 heterocycles. The van der Waals surface area contributed by atoms with Crippen molar-refractivity contribution in [1.82, 2.24) is 0 Å². The van der Waals surface area contributed by atoms with Crippen LogP contribution in [-0.4, -0.2) is 43.5 Å². The minimum Gasteiger partial charge on any atom is -0.465 e. The van der Waals surface area contributed by atoms with Crippen LogP contribution in [0.5, 0.6) is 0 Å². The smallest absolute Gasteiger partial charge is 0.326 e. The minimum atomic E-state index is -0.864. The average Bonchev–Trinajstić information content (AvgIpc) is 2.73. The van der Waals surface area contributed by atoms with Crippen LogP contribution in [0.15, 0.2) is 0 Å². The van der Waals surface area contributed by atoms with Crippen LogP contribution in [0.1, 0.15) is 46.5 Å². The summed E-state index contributed by atoms with van der Waals surface area (Å²) in [6.07, 6.45) is 2.84. The summed E-state index contributed by atoms with van der Waals surface area (Å²) in [6, 6.07) is 0. The van der Waals surface area contributed by atoms with E-state index >= 15 is 0 Å². The van der Waals surface area contributed by atoms with Crippen LogP contribution in [0.25, 0.3) is 0 Å². The molecule has 2 unspecified atom stereocenters. The molecule has 5 heteroatoms. The molecule has 0 spiro atoms. The highest BCUT2D eigenvalue weighted by atomic mass is 16.5. The van der Waals surface area contributed by atoms with Gasteiger partial charge in [-0.1, -0.05) is 0 Å². The third-order valence-electron chi connectivity index (χ3n) is 3.80. The van der Waals surface area contributed by atoms with E-state index in [1.807, 2.05) is 13.8 Å². The van der Waals surface area contributed by atoms with Gasteiger partial charge in [0.15, 0.2) is 0 Å². The van der Waals surface area contributed by atoms with Crippen molar-refractivity contribution in [2.75, 3.05) is 20.3 Å². The van der Waals surface area contributed by atoms with E-state index in [1.165, 1.54) is 0 Å². The van der Waals surface area contributed by atoms with Gasteiger partial charge in [0.2, 0.25) is 0 Å². The van der Waals surface area contributed by atoms with E-state index in [0.29, 0.717) is 26.1 Å². The lowest BCUT2D eigenvalue weighted by Gasteiger charge is -2.24. The molecule has 1 saturated carbocycles. The number of nitrogens with two attached hydrogens (primary N) is 1. The fraction of sp³-hybridized carbons (Fsp3) is 0.929. The number of rotatable bonds is 7. The molecule has 0 radical (unpaired) electrons. The number of esters is 1. The SMILES string of the molecule is CCOC(=O)C1(N)CCC(OCCC(C)(C)OC)C1. The summed E-state index contributed by atoms with van der Waals surface area (Å²) in [6.45, 7) is 6.82. The van der Waals surface area contributed by atoms with E-state index in [1.54, 1.807) is 14.0 Å². The van der Waals surface area contributed by atoms with Crippen LogP contribution in [-0.2, 0) is 19.0 Å². The molecule has 2 atom stereocenters. The Morgan fingerprint density at radius 3 is 2.74 bits per heavy atom. The predicted octanol–water partition coefficient (Wildman–Crippen LogP) is 1.63. The van der Waals surface area contributed by atoms with E-state index in [9.17, 15) is 4.79 Å². The van der Waals surface area contributed by atoms with Gasteiger partial charge in [0, 0.05) is 20.1 Å². The second-order valence-electron chi connectivity index (χ2n) is 5.83. The molecular formula is C14H27NO4. The van der Waals surface area contributed by atoms with Gasteiger partial charge in [-0.15, -0.1) is 0 Å². The van der Waals surface area contributed by atoms with E-state index in [2.05, 4.69) is 0 Å². The normalized spacial score (nSPS) is 27.5. The highest BCUT2D eigenvalue weighted by Crippen LogP contribution is 2.31. The number of hydrogen-bond donors (Lipinski definition) is 1. The molecule has 1 aliphatic carbocycles. The zero-order valence-electron chi connectivity index (χ0n) is 12.5. The van der Waals surface area contributed by atoms with Crippen molar-refractivity contribution >= 4 is 5.97 Å². The lowest BCUT2D eigenvalue weighted by Crippen LogP contribution is -2.47. The summed E-state index contributed by atoms with van der Waals surface area (Å²) in [7, 11) is 1.70. The Morgan fingerprint density at radius 1 is 1.47 bits per heavy atom. The Hall–Kier alpha value is -0.650. The average molecular weight is 273 g/mol. The maximum Gasteiger partial charge on any atom is 0.326 e. The zero-order chi connectivity index (χ0) is 14.5. The second-order valence-corrected chi connectivity index (χ2v) is 5.83. The number of ether oxygens (including phenoxy) is 3. The van der Waals surface area contributed by atoms with Crippen molar-refractivity contribution in [3.8, 4) is 0 Å². The fourth-order valence-electron chi connectivity index (χ4n) is 2.20. The van der Waals surface area contributed by atoms with E-state index < -0.39 is 5.54 Å². The van der Waals surface area contributed by atoms with Gasteiger partial charge in [-0.05, 0) is 40.0 Å². The molecule has 0 saturated heterocycles. The van der Waals surface area contributed by atoms with Gasteiger partial charge in [0.05, 0.1) is 18.3 Å². The third-order valence-corrected chi connectivity index (χ3v) is 3.80. The lowest BCUT2D eigenvalue weighted by molar-refractivity contribution is -0.149. The van der Waals surface area contributed by atoms with Crippen LogP contribution in [0.3, 0.4) is 0 Å². The quantitative estimate of drug-likeness (QED) is 0.714. The van der Waals surface area contributed by atoms with Gasteiger partial charge in [-0.2, -0.15) is 0 Å². The first kappa shape index (κ1) is 16.4. The Bertz CT molecular complexity index is 306. The maximum atomic E-state index is 11.8. The van der Waals surface area contributed by atoms with E-state index in [0.717, 1.165) is 12.8 Å². The molecule has 0 aromatic heterocycles. The number of hydrogen-bond acceptors (Lipinski definition) is 5. The largest absolute Gasteiger partial charge is 0.465 e. The van der Waals surface area contributed by atoms with Crippen LogP contribution in [0.2, 0.25) is 0 Å². The van der Waals surface area contributed by atoms with Crippen molar-refractivity contribution in [2.24, 2.45) is 5.73 Å². The lowest BCUT2D eigenvalue weighted by atomic mass is 9.99. The van der Waals surface area contributed by atoms with Gasteiger partial charge >= 0.3 is 5.97 Å². The molecule has 1 rings (SSSR count). The topological polar surface area (TPSA) is 70.8 Å². The van der Waals surface area contributed by atoms with Gasteiger partial charge in [-0.3, -0.25) is 4.79 Å². The minimum absolute atomic E-state index is 0.0436. The molecule has 5 nitrogen and oxygen atoms in total. The molecule has 2 N–H and O–H groups in total. The van der Waals surface area contributed by atoms with Crippen LogP contribution >= 0.6 is 0 Å². The predicted molar refractivity (Wildman–Crippen MR) is 72.8 cm³/mol. The molecule has 19 heavy (non-hydrogen) atoms. The van der Waals surface area contributed by atoms with Crippen LogP contribution in [0.4, 0.5) is 0 Å². The highest BCUT2D eigenvalue weighted by molar-refractivity contribution is 5.81. The zero-order valence-corrected chi connectivity index (χ0v) is 12.5. The van der Waals surface area contributed by atoms with Crippen molar-refractivity contribution < 1.29 is 19.0 Å². The first-order valence-electron chi connectivity index (χ1n) is 6.96. The highest BCUT2D eigenvalue weighted by Gasteiger charge is 2.43. The maximum absolute atomic E-state index is 11.8. The molecule has 0 bridgehead atoms. The summed E-state index contributed by atoms with van der Waals surface area (Å²) in [5.41, 5.74) is 5.04. The molecule has 0 amide bonds. The first-order chi connectivity index (χ1) is 8.83. The van der Waals surface area contributed by atoms with Gasteiger partial charge < -0.3 is 19.9 Å². The third kappa shape index (κ3) is 4.75. The molecule has 1 fully saturated rings. The Kier molecular flexibility index (Phi) is 5.77. The van der Waals surface area contributed by atoms with Crippen molar-refractivity contribution in [3.63, 3.8) is 0 Å². The van der Waals surface area contributed by atoms with Crippen LogP contribution in [0, 0.1) is 0 Å². The molecule has 0 aliphatic heterocycles. The molecule has 112 valence electrons. The molecule has 0 aromatic carbocycles. The molecule has 0 aromatic rings. The molecular weight excluding hydrogens is 246 g/mol. The van der Waals surface area contributed by atoms with Gasteiger partial charge in [0.1, 0.15) is 5.54 Å². The summed E-state index contributed by atoms with van der Waals surface area (Å²) in [5, 5.41) is 0. The van der Waals surface area contributed by atoms with E-state index in [-0.39, 0.29) is 17.7 Å². The van der Waals surface area contributed by atoms with Crippen LogP contribution < -0.4 is 5.73 Å². The Balaban J connectivity index is 2.34. The monoisotopic (exact) mass is 273 g/mol. The standard InChI is InChI=1S/C14H27NO4/c1-5-18-12(16)14(15)7-6-11(10-14)19-9-8-13(2,3)17-4/h11H,5-10,15H2,1-4H3. The van der Waals surface area contributed by atoms with Crippen molar-refractivity contribution in [3.05, 3.63) is 0 Å². The van der Waals surface area contributed by atoms with Crippen molar-refractivity contribution in [1.29, 1.82) is 0 Å². The summed E-state index contributed by atoms with van der Waals surface area (Å²) in [4.78, 5) is 11.8. The van der Waals surface area contributed by atoms with Gasteiger partial charge in [0.25, 0.3) is 0 Å². The Labute approximate surface area is 115 Å². The summed E-state index contributed by atoms with van der Waals surface area (Å²) < 4.78 is 16.1. The summed E-state index contributed by atoms with van der Waals surface area (Å²) >= 11 is 0. The Morgan fingerprint density at radius 2 is 2.16 bits per heavy atom. The van der Waals surface area contributed by atoms with Gasteiger partial charge in [-0.25, -0.2) is 0 Å². The number of methoxy groups -OCH3 is 1. The first-order valence-corrected chi connectivity index (χ1v) is 6.96. The fourth-order valence-corrected chi connectivity index (χ4v) is 2.20. The van der Waals surface area contributed by atoms with Crippen molar-refractivity contribution in [2.45, 2.75) is 63.7 Å². The summed E-state index contributed by atoms with van der Waals surface area (Å²) in [5.74, 6) is -0.307. The number of carbonyl (C=O) groups excluding carboxylic acids is 1. The second kappa shape index (κ2) is 6.68.